The molecule has 2 heterocycles. The molecule has 0 atom stereocenters. The number of anilines is 1. The number of nitrogens with zero attached hydrogens (tertiary/aromatic N) is 2. The largest absolute Gasteiger partial charge is 0.321 e. The van der Waals surface area contributed by atoms with Crippen molar-refractivity contribution >= 4 is 11.6 Å². The van der Waals surface area contributed by atoms with Crippen molar-refractivity contribution in [2.45, 2.75) is 19.3 Å². The highest BCUT2D eigenvalue weighted by molar-refractivity contribution is 6.03. The van der Waals surface area contributed by atoms with Crippen LogP contribution in [-0.4, -0.2) is 15.9 Å². The minimum absolute atomic E-state index is 0.150. The number of pyridine rings is 2. The normalized spacial score (nSPS) is 13.1. The summed E-state index contributed by atoms with van der Waals surface area (Å²) < 4.78 is 0. The van der Waals surface area contributed by atoms with Gasteiger partial charge in [0.15, 0.2) is 0 Å². The molecule has 3 rings (SSSR count). The Kier molecular flexibility index (Phi) is 2.76. The van der Waals surface area contributed by atoms with Gasteiger partial charge in [0.1, 0.15) is 0 Å². The summed E-state index contributed by atoms with van der Waals surface area (Å²) in [4.78, 5) is 20.2. The van der Waals surface area contributed by atoms with Crippen molar-refractivity contribution in [1.29, 1.82) is 0 Å². The summed E-state index contributed by atoms with van der Waals surface area (Å²) in [6.45, 7) is 0. The van der Waals surface area contributed by atoms with Crippen LogP contribution in [0.15, 0.2) is 36.8 Å². The van der Waals surface area contributed by atoms with Crippen molar-refractivity contribution < 1.29 is 4.79 Å². The fourth-order valence-corrected chi connectivity index (χ4v) is 2.20. The van der Waals surface area contributed by atoms with E-state index in [4.69, 9.17) is 0 Å². The lowest BCUT2D eigenvalue weighted by molar-refractivity contribution is 0.102. The van der Waals surface area contributed by atoms with Crippen molar-refractivity contribution in [1.82, 2.24) is 9.97 Å². The van der Waals surface area contributed by atoms with Gasteiger partial charge >= 0.3 is 0 Å². The number of aryl methyl sites for hydroxylation is 2. The summed E-state index contributed by atoms with van der Waals surface area (Å²) in [6.07, 6.45) is 8.18. The lowest BCUT2D eigenvalue weighted by Gasteiger charge is -2.06. The second-order valence-electron chi connectivity index (χ2n) is 4.38. The number of nitrogens with one attached hydrogen (secondary N) is 1. The number of hydrogen-bond acceptors (Lipinski definition) is 3. The van der Waals surface area contributed by atoms with Crippen molar-refractivity contribution in [3.63, 3.8) is 0 Å². The molecule has 0 aromatic carbocycles. The monoisotopic (exact) mass is 239 g/mol. The second-order valence-corrected chi connectivity index (χ2v) is 4.38. The first-order valence-electron chi connectivity index (χ1n) is 6.02. The molecule has 2 aromatic heterocycles. The third kappa shape index (κ3) is 2.09. The van der Waals surface area contributed by atoms with Crippen LogP contribution in [0, 0.1) is 0 Å². The van der Waals surface area contributed by atoms with Crippen LogP contribution in [0.5, 0.6) is 0 Å². The molecule has 4 heteroatoms. The highest BCUT2D eigenvalue weighted by Crippen LogP contribution is 2.22. The summed E-state index contributed by atoms with van der Waals surface area (Å²) in [7, 11) is 0. The highest BCUT2D eigenvalue weighted by atomic mass is 16.1. The van der Waals surface area contributed by atoms with Crippen molar-refractivity contribution in [2.24, 2.45) is 0 Å². The molecule has 0 aliphatic heterocycles. The number of amides is 1. The van der Waals surface area contributed by atoms with Gasteiger partial charge in [0.2, 0.25) is 0 Å². The quantitative estimate of drug-likeness (QED) is 0.874. The fraction of sp³-hybridized carbons (Fsp3) is 0.214. The van der Waals surface area contributed by atoms with E-state index < -0.39 is 0 Å². The van der Waals surface area contributed by atoms with E-state index in [1.54, 1.807) is 30.7 Å². The van der Waals surface area contributed by atoms with Gasteiger partial charge in [-0.15, -0.1) is 0 Å². The molecule has 1 aliphatic rings. The van der Waals surface area contributed by atoms with Crippen LogP contribution >= 0.6 is 0 Å². The third-order valence-corrected chi connectivity index (χ3v) is 3.10. The molecule has 4 nitrogen and oxygen atoms in total. The summed E-state index contributed by atoms with van der Waals surface area (Å²) in [5.74, 6) is -0.150. The SMILES string of the molecule is O=C(Nc1cnc2c(c1)CCC2)c1cccnc1. The lowest BCUT2D eigenvalue weighted by atomic mass is 10.2. The van der Waals surface area contributed by atoms with Crippen LogP contribution in [0.1, 0.15) is 28.0 Å². The van der Waals surface area contributed by atoms with E-state index in [1.807, 2.05) is 6.07 Å². The molecule has 1 amide bonds. The Morgan fingerprint density at radius 1 is 1.28 bits per heavy atom. The Hall–Kier alpha value is -2.23. The van der Waals surface area contributed by atoms with Gasteiger partial charge in [0.05, 0.1) is 17.4 Å². The first kappa shape index (κ1) is 10.9. The van der Waals surface area contributed by atoms with Gasteiger partial charge in [0, 0.05) is 18.1 Å². The number of carbonyl (C=O) groups is 1. The Labute approximate surface area is 105 Å². The van der Waals surface area contributed by atoms with Gasteiger partial charge in [-0.25, -0.2) is 0 Å². The zero-order valence-electron chi connectivity index (χ0n) is 9.89. The molecule has 0 fully saturated rings. The zero-order chi connectivity index (χ0) is 12.4. The summed E-state index contributed by atoms with van der Waals surface area (Å²) >= 11 is 0. The first-order valence-corrected chi connectivity index (χ1v) is 6.02. The molecule has 0 saturated heterocycles. The van der Waals surface area contributed by atoms with Gasteiger partial charge in [-0.1, -0.05) is 0 Å². The van der Waals surface area contributed by atoms with Gasteiger partial charge < -0.3 is 5.32 Å². The standard InChI is InChI=1S/C14H13N3O/c18-14(11-4-2-6-15-8-11)17-12-7-10-3-1-5-13(10)16-9-12/h2,4,6-9H,1,3,5H2,(H,17,18). The molecular weight excluding hydrogens is 226 g/mol. The van der Waals surface area contributed by atoms with E-state index in [0.29, 0.717) is 5.56 Å². The first-order chi connectivity index (χ1) is 8.83. The molecule has 1 N–H and O–H groups in total. The maximum Gasteiger partial charge on any atom is 0.257 e. The summed E-state index contributed by atoms with van der Waals surface area (Å²) in [5, 5.41) is 2.85. The molecule has 0 spiro atoms. The van der Waals surface area contributed by atoms with E-state index in [2.05, 4.69) is 15.3 Å². The van der Waals surface area contributed by atoms with Crippen LogP contribution in [0.3, 0.4) is 0 Å². The van der Waals surface area contributed by atoms with Crippen LogP contribution in [-0.2, 0) is 12.8 Å². The fourth-order valence-electron chi connectivity index (χ4n) is 2.20. The predicted octanol–water partition coefficient (Wildman–Crippen LogP) is 2.22. The highest BCUT2D eigenvalue weighted by Gasteiger charge is 2.13. The predicted molar refractivity (Wildman–Crippen MR) is 68.5 cm³/mol. The van der Waals surface area contributed by atoms with Crippen LogP contribution in [0.25, 0.3) is 0 Å². The molecular formula is C14H13N3O. The van der Waals surface area contributed by atoms with Crippen molar-refractivity contribution in [2.75, 3.05) is 5.32 Å². The molecule has 0 saturated carbocycles. The van der Waals surface area contributed by atoms with Crippen LogP contribution < -0.4 is 5.32 Å². The minimum Gasteiger partial charge on any atom is -0.321 e. The average molecular weight is 239 g/mol. The minimum atomic E-state index is -0.150. The van der Waals surface area contributed by atoms with E-state index >= 15 is 0 Å². The smallest absolute Gasteiger partial charge is 0.257 e. The van der Waals surface area contributed by atoms with Crippen LogP contribution in [0.2, 0.25) is 0 Å². The third-order valence-electron chi connectivity index (χ3n) is 3.10. The zero-order valence-corrected chi connectivity index (χ0v) is 9.89. The number of hydrogen-bond donors (Lipinski definition) is 1. The Morgan fingerprint density at radius 2 is 2.22 bits per heavy atom. The number of carbonyl (C=O) groups excluding carboxylic acids is 1. The number of rotatable bonds is 2. The maximum absolute atomic E-state index is 11.9. The van der Waals surface area contributed by atoms with Crippen LogP contribution in [0.4, 0.5) is 5.69 Å². The molecule has 1 aliphatic carbocycles. The van der Waals surface area contributed by atoms with Gasteiger partial charge in [-0.05, 0) is 43.0 Å². The lowest BCUT2D eigenvalue weighted by Crippen LogP contribution is -2.12. The topological polar surface area (TPSA) is 54.9 Å². The average Bonchev–Trinajstić information content (AvgIpc) is 2.87. The van der Waals surface area contributed by atoms with E-state index in [-0.39, 0.29) is 5.91 Å². The van der Waals surface area contributed by atoms with E-state index in [1.165, 1.54) is 5.56 Å². The Morgan fingerprint density at radius 3 is 3.06 bits per heavy atom. The summed E-state index contributed by atoms with van der Waals surface area (Å²) in [5.41, 5.74) is 3.72. The maximum atomic E-state index is 11.9. The molecule has 0 unspecified atom stereocenters. The van der Waals surface area contributed by atoms with E-state index in [9.17, 15) is 4.79 Å². The van der Waals surface area contributed by atoms with Crippen molar-refractivity contribution in [3.8, 4) is 0 Å². The Balaban J connectivity index is 1.79. The number of aromatic nitrogens is 2. The molecule has 18 heavy (non-hydrogen) atoms. The molecule has 0 bridgehead atoms. The summed E-state index contributed by atoms with van der Waals surface area (Å²) in [6, 6.07) is 5.50. The van der Waals surface area contributed by atoms with E-state index in [0.717, 1.165) is 30.6 Å². The molecule has 0 radical (unpaired) electrons. The second kappa shape index (κ2) is 4.56. The molecule has 90 valence electrons. The number of fused-ring (bicyclic) bond motifs is 1. The van der Waals surface area contributed by atoms with Gasteiger partial charge in [0.25, 0.3) is 5.91 Å². The van der Waals surface area contributed by atoms with Gasteiger partial charge in [-0.3, -0.25) is 14.8 Å². The van der Waals surface area contributed by atoms with Crippen molar-refractivity contribution in [3.05, 3.63) is 53.6 Å². The molecule has 2 aromatic rings. The Bertz CT molecular complexity index is 581. The van der Waals surface area contributed by atoms with Gasteiger partial charge in [-0.2, -0.15) is 0 Å².